The lowest BCUT2D eigenvalue weighted by atomic mass is 9.74. The Morgan fingerprint density at radius 2 is 1.77 bits per heavy atom. The Morgan fingerprint density at radius 1 is 1.00 bits per heavy atom. The summed E-state index contributed by atoms with van der Waals surface area (Å²) < 4.78 is 4.20. The number of fused-ring (bicyclic) bond motifs is 2. The smallest absolute Gasteiger partial charge is 0.311 e. The number of carbonyl (C=O) groups excluding carboxylic acids is 3. The first-order valence-electron chi connectivity index (χ1n) is 14.3. The molecule has 1 aromatic carbocycles. The third kappa shape index (κ3) is 4.73. The third-order valence-corrected chi connectivity index (χ3v) is 10.6. The number of cyclic esters (lactones) is 1. The van der Waals surface area contributed by atoms with E-state index in [1.807, 2.05) is 49.9 Å². The van der Waals surface area contributed by atoms with Crippen molar-refractivity contribution in [2.75, 3.05) is 31.2 Å². The molecular formula is C31H40N2O5S. The highest BCUT2D eigenvalue weighted by Crippen LogP contribution is 2.65. The van der Waals surface area contributed by atoms with Crippen LogP contribution in [0, 0.1) is 25.7 Å². The maximum absolute atomic E-state index is 14.7. The van der Waals surface area contributed by atoms with Crippen molar-refractivity contribution in [1.29, 1.82) is 0 Å². The van der Waals surface area contributed by atoms with Crippen molar-refractivity contribution in [3.63, 3.8) is 0 Å². The quantitative estimate of drug-likeness (QED) is 0.321. The molecule has 1 unspecified atom stereocenters. The number of esters is 1. The Balaban J connectivity index is 1.62. The maximum atomic E-state index is 14.7. The SMILES string of the molecule is Cc1cccc(C)c1N1CC=C[C@]23S[C@@]4(C)/C=C\CCCCOC(=O)[C@H]4[C@H]2C(=O)N(CCCCCO)C3C1=O. The summed E-state index contributed by atoms with van der Waals surface area (Å²) in [6.07, 6.45) is 13.0. The van der Waals surface area contributed by atoms with Gasteiger partial charge in [0, 0.05) is 30.1 Å². The molecule has 0 saturated carbocycles. The zero-order valence-electron chi connectivity index (χ0n) is 23.2. The van der Waals surface area contributed by atoms with Crippen LogP contribution in [-0.4, -0.2) is 69.6 Å². The van der Waals surface area contributed by atoms with Crippen LogP contribution < -0.4 is 4.90 Å². The minimum Gasteiger partial charge on any atom is -0.465 e. The fraction of sp³-hybridized carbons (Fsp3) is 0.581. The van der Waals surface area contributed by atoms with Crippen LogP contribution in [0.25, 0.3) is 0 Å². The molecule has 4 aliphatic rings. The van der Waals surface area contributed by atoms with Crippen LogP contribution in [0.1, 0.15) is 56.6 Å². The van der Waals surface area contributed by atoms with Crippen LogP contribution in [-0.2, 0) is 19.1 Å². The van der Waals surface area contributed by atoms with Gasteiger partial charge >= 0.3 is 5.97 Å². The Kier molecular flexibility index (Phi) is 7.98. The van der Waals surface area contributed by atoms with E-state index in [0.29, 0.717) is 32.5 Å². The molecule has 2 fully saturated rings. The van der Waals surface area contributed by atoms with E-state index < -0.39 is 27.4 Å². The van der Waals surface area contributed by atoms with Gasteiger partial charge < -0.3 is 19.6 Å². The number of anilines is 1. The number of ether oxygens (including phenoxy) is 1. The number of benzene rings is 1. The van der Waals surface area contributed by atoms with E-state index in [1.54, 1.807) is 16.7 Å². The van der Waals surface area contributed by atoms with Crippen LogP contribution in [0.4, 0.5) is 5.69 Å². The number of rotatable bonds is 6. The van der Waals surface area contributed by atoms with Crippen molar-refractivity contribution >= 4 is 35.2 Å². The molecule has 0 aliphatic carbocycles. The number of thioether (sulfide) groups is 1. The second-order valence-electron chi connectivity index (χ2n) is 11.5. The molecule has 1 aromatic rings. The molecular weight excluding hydrogens is 512 g/mol. The number of aliphatic hydroxyl groups excluding tert-OH is 1. The molecule has 210 valence electrons. The van der Waals surface area contributed by atoms with Gasteiger partial charge in [-0.1, -0.05) is 42.5 Å². The fourth-order valence-corrected chi connectivity index (χ4v) is 9.19. The molecule has 8 heteroatoms. The summed E-state index contributed by atoms with van der Waals surface area (Å²) in [5.74, 6) is -1.96. The molecule has 2 amide bonds. The second-order valence-corrected chi connectivity index (χ2v) is 13.3. The number of carbonyl (C=O) groups is 3. The van der Waals surface area contributed by atoms with Crippen LogP contribution in [0.5, 0.6) is 0 Å². The van der Waals surface area contributed by atoms with Gasteiger partial charge in [0.05, 0.1) is 23.2 Å². The van der Waals surface area contributed by atoms with Crippen LogP contribution >= 0.6 is 11.8 Å². The second kappa shape index (κ2) is 11.1. The van der Waals surface area contributed by atoms with Gasteiger partial charge in [-0.25, -0.2) is 0 Å². The summed E-state index contributed by atoms with van der Waals surface area (Å²) in [4.78, 5) is 46.2. The lowest BCUT2D eigenvalue weighted by molar-refractivity contribution is -0.154. The number of hydrogen-bond acceptors (Lipinski definition) is 6. The van der Waals surface area contributed by atoms with Gasteiger partial charge in [0.25, 0.3) is 5.91 Å². The highest BCUT2D eigenvalue weighted by atomic mass is 32.2. The van der Waals surface area contributed by atoms with Gasteiger partial charge in [-0.3, -0.25) is 14.4 Å². The summed E-state index contributed by atoms with van der Waals surface area (Å²) in [6.45, 7) is 7.31. The van der Waals surface area contributed by atoms with E-state index in [2.05, 4.69) is 18.2 Å². The number of unbranched alkanes of at least 4 members (excludes halogenated alkanes) is 2. The molecule has 39 heavy (non-hydrogen) atoms. The average Bonchev–Trinajstić information content (AvgIpc) is 3.22. The molecule has 1 spiro atoms. The minimum absolute atomic E-state index is 0.0976. The number of nitrogens with zero attached hydrogens (tertiary/aromatic N) is 2. The third-order valence-electron chi connectivity index (χ3n) is 8.77. The predicted octanol–water partition coefficient (Wildman–Crippen LogP) is 4.34. The lowest BCUT2D eigenvalue weighted by Gasteiger charge is -2.37. The lowest BCUT2D eigenvalue weighted by Crippen LogP contribution is -2.53. The number of likely N-dealkylation sites (tertiary alicyclic amines) is 1. The molecule has 5 atom stereocenters. The molecule has 5 rings (SSSR count). The van der Waals surface area contributed by atoms with Gasteiger partial charge in [-0.2, -0.15) is 0 Å². The summed E-state index contributed by atoms with van der Waals surface area (Å²) in [7, 11) is 0. The summed E-state index contributed by atoms with van der Waals surface area (Å²) in [5, 5.41) is 9.29. The van der Waals surface area contributed by atoms with E-state index >= 15 is 0 Å². The number of allylic oxidation sites excluding steroid dienone is 1. The average molecular weight is 553 g/mol. The Morgan fingerprint density at radius 3 is 2.51 bits per heavy atom. The van der Waals surface area contributed by atoms with E-state index in [4.69, 9.17) is 4.74 Å². The molecule has 0 aromatic heterocycles. The Labute approximate surface area is 235 Å². The van der Waals surface area contributed by atoms with Gasteiger partial charge in [0.2, 0.25) is 5.91 Å². The summed E-state index contributed by atoms with van der Waals surface area (Å²) >= 11 is 1.59. The summed E-state index contributed by atoms with van der Waals surface area (Å²) in [5.41, 5.74) is 2.90. The van der Waals surface area contributed by atoms with Gasteiger partial charge in [-0.15, -0.1) is 11.8 Å². The molecule has 7 nitrogen and oxygen atoms in total. The van der Waals surface area contributed by atoms with Crippen molar-refractivity contribution in [2.24, 2.45) is 11.8 Å². The number of aryl methyl sites for hydroxylation is 2. The first-order valence-corrected chi connectivity index (χ1v) is 15.1. The Bertz CT molecular complexity index is 1180. The highest BCUT2D eigenvalue weighted by Gasteiger charge is 2.73. The Hall–Kier alpha value is -2.58. The van der Waals surface area contributed by atoms with Gasteiger partial charge in [-0.05, 0) is 70.4 Å². The van der Waals surface area contributed by atoms with E-state index in [1.165, 1.54) is 0 Å². The predicted molar refractivity (Wildman–Crippen MR) is 154 cm³/mol. The summed E-state index contributed by atoms with van der Waals surface area (Å²) in [6, 6.07) is 5.27. The van der Waals surface area contributed by atoms with E-state index in [9.17, 15) is 19.5 Å². The first kappa shape index (κ1) is 28.0. The normalized spacial score (nSPS) is 33.3. The molecule has 1 N–H and O–H groups in total. The molecule has 2 saturated heterocycles. The number of para-hydroxylation sites is 1. The van der Waals surface area contributed by atoms with Crippen molar-refractivity contribution in [3.8, 4) is 0 Å². The maximum Gasteiger partial charge on any atom is 0.311 e. The number of aliphatic hydroxyl groups is 1. The minimum atomic E-state index is -0.882. The van der Waals surface area contributed by atoms with Gasteiger partial charge in [0.15, 0.2) is 0 Å². The fourth-order valence-electron chi connectivity index (χ4n) is 7.04. The highest BCUT2D eigenvalue weighted by molar-refractivity contribution is 8.02. The van der Waals surface area contributed by atoms with Crippen LogP contribution in [0.3, 0.4) is 0 Å². The molecule has 0 bridgehead atoms. The molecule has 4 aliphatic heterocycles. The number of amides is 2. The van der Waals surface area contributed by atoms with E-state index in [0.717, 1.165) is 42.5 Å². The standard InChI is InChI=1S/C31H40N2O5S/c1-21-13-11-14-22(2)25(21)32-18-12-16-31-23(27(35)33(26(31)28(32)36)17-8-6-9-19-34)24-29(37)38-20-10-5-4-7-15-30(24,3)39-31/h7,11-16,23-24,26,34H,4-6,8-10,17-20H2,1-3H3/b15-7-/t23-,24+,26?,30-,31-/m0/s1. The van der Waals surface area contributed by atoms with Crippen LogP contribution in [0.2, 0.25) is 0 Å². The molecule has 0 radical (unpaired) electrons. The zero-order chi connectivity index (χ0) is 27.8. The van der Waals surface area contributed by atoms with Crippen molar-refractivity contribution < 1.29 is 24.2 Å². The van der Waals surface area contributed by atoms with Gasteiger partial charge in [0.1, 0.15) is 6.04 Å². The van der Waals surface area contributed by atoms with Crippen LogP contribution in [0.15, 0.2) is 42.5 Å². The monoisotopic (exact) mass is 552 g/mol. The first-order chi connectivity index (χ1) is 18.7. The number of hydrogen-bond donors (Lipinski definition) is 1. The van der Waals surface area contributed by atoms with Crippen molar-refractivity contribution in [1.82, 2.24) is 4.90 Å². The van der Waals surface area contributed by atoms with E-state index in [-0.39, 0.29) is 24.4 Å². The zero-order valence-corrected chi connectivity index (χ0v) is 24.0. The van der Waals surface area contributed by atoms with Crippen molar-refractivity contribution in [3.05, 3.63) is 53.6 Å². The molecule has 4 heterocycles. The van der Waals surface area contributed by atoms with Crippen molar-refractivity contribution in [2.45, 2.75) is 74.8 Å². The largest absolute Gasteiger partial charge is 0.465 e. The topological polar surface area (TPSA) is 87.2 Å².